The molecule has 6 heteroatoms. The lowest BCUT2D eigenvalue weighted by molar-refractivity contribution is -0.136. The Bertz CT molecular complexity index is 283. The van der Waals surface area contributed by atoms with Crippen LogP contribution < -0.4 is 5.32 Å². The number of hydrogen-bond acceptors (Lipinski definition) is 4. The molecule has 0 aliphatic carbocycles. The summed E-state index contributed by atoms with van der Waals surface area (Å²) in [6.45, 7) is 5.22. The second-order valence-corrected chi connectivity index (χ2v) is 5.36. The van der Waals surface area contributed by atoms with Gasteiger partial charge in [-0.2, -0.15) is 0 Å². The fraction of sp³-hybridized carbons (Fsp3) is 0.923. The van der Waals surface area contributed by atoms with Crippen LogP contribution in [0.5, 0.6) is 0 Å². The fourth-order valence-electron chi connectivity index (χ4n) is 2.91. The van der Waals surface area contributed by atoms with Crippen LogP contribution in [0, 0.1) is 5.41 Å². The first-order chi connectivity index (χ1) is 8.76. The van der Waals surface area contributed by atoms with Crippen LogP contribution in [0.25, 0.3) is 0 Å². The van der Waals surface area contributed by atoms with Crippen LogP contribution in [0.4, 0.5) is 0 Å². The maximum atomic E-state index is 12.0. The van der Waals surface area contributed by atoms with Gasteiger partial charge in [-0.3, -0.25) is 4.79 Å². The van der Waals surface area contributed by atoms with E-state index in [1.54, 1.807) is 7.11 Å². The molecule has 0 aromatic rings. The Morgan fingerprint density at radius 3 is 2.68 bits per heavy atom. The number of likely N-dealkylation sites (tertiary alicyclic amines) is 1. The maximum Gasteiger partial charge on any atom is 0.248 e. The Morgan fingerprint density at radius 2 is 2.00 bits per heavy atom. The van der Waals surface area contributed by atoms with Gasteiger partial charge in [-0.05, 0) is 37.8 Å². The van der Waals surface area contributed by atoms with E-state index in [4.69, 9.17) is 9.47 Å². The van der Waals surface area contributed by atoms with Gasteiger partial charge in [0.25, 0.3) is 0 Å². The largest absolute Gasteiger partial charge is 0.382 e. The van der Waals surface area contributed by atoms with E-state index in [1.807, 2.05) is 4.90 Å². The van der Waals surface area contributed by atoms with Gasteiger partial charge >= 0.3 is 0 Å². The Labute approximate surface area is 121 Å². The van der Waals surface area contributed by atoms with Crippen LogP contribution >= 0.6 is 12.4 Å². The Balaban J connectivity index is 0.00000180. The minimum Gasteiger partial charge on any atom is -0.382 e. The second kappa shape index (κ2) is 8.04. The van der Waals surface area contributed by atoms with E-state index in [2.05, 4.69) is 5.32 Å². The minimum absolute atomic E-state index is 0. The SMILES string of the molecule is COCCOCC(=O)N1CCC2(CCNCC2)C1.Cl. The molecule has 0 aromatic heterocycles. The number of nitrogens with zero attached hydrogens (tertiary/aromatic N) is 1. The first-order valence-electron chi connectivity index (χ1n) is 6.81. The lowest BCUT2D eigenvalue weighted by Gasteiger charge is -2.33. The highest BCUT2D eigenvalue weighted by atomic mass is 35.5. The number of ether oxygens (including phenoxy) is 2. The smallest absolute Gasteiger partial charge is 0.248 e. The fourth-order valence-corrected chi connectivity index (χ4v) is 2.91. The molecule has 2 saturated heterocycles. The molecule has 0 radical (unpaired) electrons. The summed E-state index contributed by atoms with van der Waals surface area (Å²) in [5.74, 6) is 0.126. The van der Waals surface area contributed by atoms with E-state index in [0.29, 0.717) is 18.6 Å². The summed E-state index contributed by atoms with van der Waals surface area (Å²) in [6.07, 6.45) is 3.54. The van der Waals surface area contributed by atoms with Crippen LogP contribution in [-0.2, 0) is 14.3 Å². The second-order valence-electron chi connectivity index (χ2n) is 5.36. The van der Waals surface area contributed by atoms with Crippen molar-refractivity contribution in [3.63, 3.8) is 0 Å². The van der Waals surface area contributed by atoms with Gasteiger partial charge in [0.2, 0.25) is 5.91 Å². The summed E-state index contributed by atoms with van der Waals surface area (Å²) < 4.78 is 10.2. The topological polar surface area (TPSA) is 50.8 Å². The number of methoxy groups -OCH3 is 1. The lowest BCUT2D eigenvalue weighted by atomic mass is 9.78. The minimum atomic E-state index is 0. The third kappa shape index (κ3) is 4.60. The van der Waals surface area contributed by atoms with Crippen molar-refractivity contribution in [2.45, 2.75) is 19.3 Å². The molecule has 19 heavy (non-hydrogen) atoms. The van der Waals surface area contributed by atoms with Crippen LogP contribution in [0.2, 0.25) is 0 Å². The van der Waals surface area contributed by atoms with E-state index < -0.39 is 0 Å². The van der Waals surface area contributed by atoms with Gasteiger partial charge in [0.15, 0.2) is 0 Å². The predicted octanol–water partition coefficient (Wildman–Crippen LogP) is 0.673. The van der Waals surface area contributed by atoms with E-state index in [-0.39, 0.29) is 24.9 Å². The van der Waals surface area contributed by atoms with E-state index in [1.165, 1.54) is 12.8 Å². The molecule has 112 valence electrons. The van der Waals surface area contributed by atoms with Gasteiger partial charge in [0.05, 0.1) is 13.2 Å². The third-order valence-corrected chi connectivity index (χ3v) is 4.11. The zero-order valence-corrected chi connectivity index (χ0v) is 12.5. The molecular weight excluding hydrogens is 268 g/mol. The molecule has 0 bridgehead atoms. The summed E-state index contributed by atoms with van der Waals surface area (Å²) in [7, 11) is 1.63. The first-order valence-corrected chi connectivity index (χ1v) is 6.81. The molecule has 1 spiro atoms. The molecule has 2 fully saturated rings. The normalized spacial score (nSPS) is 21.4. The predicted molar refractivity (Wildman–Crippen MR) is 75.7 cm³/mol. The number of halogens is 1. The van der Waals surface area contributed by atoms with Gasteiger partial charge in [-0.25, -0.2) is 0 Å². The summed E-state index contributed by atoms with van der Waals surface area (Å²) in [6, 6.07) is 0. The van der Waals surface area contributed by atoms with E-state index in [9.17, 15) is 4.79 Å². The first kappa shape index (κ1) is 16.7. The number of carbonyl (C=O) groups is 1. The van der Waals surface area contributed by atoms with Gasteiger partial charge in [0.1, 0.15) is 6.61 Å². The number of hydrogen-bond donors (Lipinski definition) is 1. The third-order valence-electron chi connectivity index (χ3n) is 4.11. The Morgan fingerprint density at radius 1 is 1.26 bits per heavy atom. The molecule has 5 nitrogen and oxygen atoms in total. The van der Waals surface area contributed by atoms with Crippen molar-refractivity contribution in [3.05, 3.63) is 0 Å². The monoisotopic (exact) mass is 292 g/mol. The van der Waals surface area contributed by atoms with Gasteiger partial charge in [0, 0.05) is 20.2 Å². The molecule has 0 atom stereocenters. The van der Waals surface area contributed by atoms with Crippen molar-refractivity contribution < 1.29 is 14.3 Å². The van der Waals surface area contributed by atoms with Crippen molar-refractivity contribution in [3.8, 4) is 0 Å². The van der Waals surface area contributed by atoms with E-state index in [0.717, 1.165) is 32.6 Å². The quantitative estimate of drug-likeness (QED) is 0.757. The lowest BCUT2D eigenvalue weighted by Crippen LogP contribution is -2.40. The van der Waals surface area contributed by atoms with Crippen molar-refractivity contribution in [2.24, 2.45) is 5.41 Å². The zero-order valence-electron chi connectivity index (χ0n) is 11.7. The molecule has 2 aliphatic heterocycles. The van der Waals surface area contributed by atoms with Crippen LogP contribution in [0.3, 0.4) is 0 Å². The Hall–Kier alpha value is -0.360. The molecule has 1 N–H and O–H groups in total. The highest BCUT2D eigenvalue weighted by molar-refractivity contribution is 5.85. The molecule has 0 saturated carbocycles. The molecule has 0 aromatic carbocycles. The summed E-state index contributed by atoms with van der Waals surface area (Å²) in [5, 5.41) is 3.39. The maximum absolute atomic E-state index is 12.0. The number of amides is 1. The van der Waals surface area contributed by atoms with Crippen molar-refractivity contribution in [1.29, 1.82) is 0 Å². The van der Waals surface area contributed by atoms with Crippen LogP contribution in [-0.4, -0.2) is 63.9 Å². The Kier molecular flexibility index (Phi) is 7.07. The average molecular weight is 293 g/mol. The van der Waals surface area contributed by atoms with Gasteiger partial charge in [-0.1, -0.05) is 0 Å². The van der Waals surface area contributed by atoms with Crippen LogP contribution in [0.15, 0.2) is 0 Å². The molecular formula is C13H25ClN2O3. The summed E-state index contributed by atoms with van der Waals surface area (Å²) in [4.78, 5) is 13.9. The number of rotatable bonds is 5. The van der Waals surface area contributed by atoms with Gasteiger partial charge < -0.3 is 19.7 Å². The highest BCUT2D eigenvalue weighted by Gasteiger charge is 2.40. The number of carbonyl (C=O) groups excluding carboxylic acids is 1. The summed E-state index contributed by atoms with van der Waals surface area (Å²) in [5.41, 5.74) is 0.382. The van der Waals surface area contributed by atoms with Crippen molar-refractivity contribution >= 4 is 18.3 Å². The number of piperidine rings is 1. The average Bonchev–Trinajstić information content (AvgIpc) is 2.79. The summed E-state index contributed by atoms with van der Waals surface area (Å²) >= 11 is 0. The molecule has 0 unspecified atom stereocenters. The van der Waals surface area contributed by atoms with Crippen molar-refractivity contribution in [2.75, 3.05) is 53.1 Å². The molecule has 2 heterocycles. The highest BCUT2D eigenvalue weighted by Crippen LogP contribution is 2.38. The van der Waals surface area contributed by atoms with Crippen molar-refractivity contribution in [1.82, 2.24) is 10.2 Å². The standard InChI is InChI=1S/C13H24N2O3.ClH/c1-17-8-9-18-10-12(16)15-7-4-13(11-15)2-5-14-6-3-13;/h14H,2-11H2,1H3;1H. The van der Waals surface area contributed by atoms with Gasteiger partial charge in [-0.15, -0.1) is 12.4 Å². The molecule has 1 amide bonds. The molecule has 2 rings (SSSR count). The van der Waals surface area contributed by atoms with E-state index >= 15 is 0 Å². The van der Waals surface area contributed by atoms with Crippen LogP contribution in [0.1, 0.15) is 19.3 Å². The zero-order chi connectivity index (χ0) is 12.8. The molecule has 2 aliphatic rings. The number of nitrogens with one attached hydrogen (secondary N) is 1.